The predicted molar refractivity (Wildman–Crippen MR) is 80.4 cm³/mol. The van der Waals surface area contributed by atoms with Crippen LogP contribution in [0.2, 0.25) is 5.02 Å². The van der Waals surface area contributed by atoms with Crippen molar-refractivity contribution < 1.29 is 17.6 Å². The van der Waals surface area contributed by atoms with Crippen LogP contribution >= 0.6 is 11.6 Å². The van der Waals surface area contributed by atoms with Crippen molar-refractivity contribution in [1.29, 1.82) is 0 Å². The highest BCUT2D eigenvalue weighted by atomic mass is 35.5. The van der Waals surface area contributed by atoms with Crippen molar-refractivity contribution >= 4 is 27.5 Å². The summed E-state index contributed by atoms with van der Waals surface area (Å²) in [6.45, 7) is 1.60. The maximum absolute atomic E-state index is 12.8. The van der Waals surface area contributed by atoms with Crippen LogP contribution in [0.5, 0.6) is 0 Å². The fourth-order valence-electron chi connectivity index (χ4n) is 1.71. The average Bonchev–Trinajstić information content (AvgIpc) is 2.48. The van der Waals surface area contributed by atoms with Gasteiger partial charge in [-0.15, -0.1) is 4.83 Å². The number of benzene rings is 2. The van der Waals surface area contributed by atoms with E-state index in [1.54, 1.807) is 19.1 Å². The van der Waals surface area contributed by atoms with E-state index in [1.165, 1.54) is 18.2 Å². The second kappa shape index (κ2) is 6.43. The first kappa shape index (κ1) is 16.4. The first-order valence-electron chi connectivity index (χ1n) is 6.13. The van der Waals surface area contributed by atoms with Crippen LogP contribution in [0.4, 0.5) is 4.39 Å². The summed E-state index contributed by atoms with van der Waals surface area (Å²) >= 11 is 5.78. The van der Waals surface area contributed by atoms with E-state index in [9.17, 15) is 17.6 Å². The van der Waals surface area contributed by atoms with E-state index in [1.807, 2.05) is 4.83 Å². The molecule has 0 unspecified atom stereocenters. The molecule has 0 heterocycles. The van der Waals surface area contributed by atoms with Gasteiger partial charge in [-0.1, -0.05) is 17.7 Å². The normalized spacial score (nSPS) is 11.2. The fourth-order valence-corrected chi connectivity index (χ4v) is 3.05. The lowest BCUT2D eigenvalue weighted by Crippen LogP contribution is -2.41. The lowest BCUT2D eigenvalue weighted by atomic mass is 10.2. The van der Waals surface area contributed by atoms with Crippen molar-refractivity contribution in [3.63, 3.8) is 0 Å². The third-order valence-corrected chi connectivity index (χ3v) is 4.47. The Morgan fingerprint density at radius 1 is 1.14 bits per heavy atom. The Balaban J connectivity index is 2.14. The van der Waals surface area contributed by atoms with E-state index in [0.717, 1.165) is 12.1 Å². The first-order valence-corrected chi connectivity index (χ1v) is 7.99. The van der Waals surface area contributed by atoms with Gasteiger partial charge in [-0.3, -0.25) is 10.2 Å². The maximum atomic E-state index is 12.8. The largest absolute Gasteiger partial charge is 0.273 e. The summed E-state index contributed by atoms with van der Waals surface area (Å²) < 4.78 is 37.1. The van der Waals surface area contributed by atoms with Crippen molar-refractivity contribution in [2.24, 2.45) is 0 Å². The van der Waals surface area contributed by atoms with Crippen LogP contribution in [0.3, 0.4) is 0 Å². The highest BCUT2D eigenvalue weighted by Crippen LogP contribution is 2.19. The Bertz CT molecular complexity index is 807. The molecule has 0 fully saturated rings. The van der Waals surface area contributed by atoms with Crippen LogP contribution in [0.15, 0.2) is 47.4 Å². The molecule has 0 aliphatic carbocycles. The lowest BCUT2D eigenvalue weighted by Gasteiger charge is -2.10. The molecule has 0 aromatic heterocycles. The predicted octanol–water partition coefficient (Wildman–Crippen LogP) is 2.41. The zero-order chi connectivity index (χ0) is 16.3. The third kappa shape index (κ3) is 3.82. The standard InChI is InChI=1S/C14H12ClFN2O3S/c1-9-2-5-11(15)8-13(9)22(20,21)18-17-14(19)10-3-6-12(16)7-4-10/h2-8,18H,1H3,(H,17,19). The fraction of sp³-hybridized carbons (Fsp3) is 0.0714. The Morgan fingerprint density at radius 3 is 2.41 bits per heavy atom. The molecule has 5 nitrogen and oxygen atoms in total. The molecule has 2 rings (SSSR count). The van der Waals surface area contributed by atoms with Crippen LogP contribution in [0.25, 0.3) is 0 Å². The van der Waals surface area contributed by atoms with Crippen molar-refractivity contribution in [3.05, 3.63) is 64.4 Å². The molecule has 116 valence electrons. The highest BCUT2D eigenvalue weighted by Gasteiger charge is 2.18. The van der Waals surface area contributed by atoms with Crippen molar-refractivity contribution in [2.45, 2.75) is 11.8 Å². The molecule has 0 atom stereocenters. The number of hydrogen-bond acceptors (Lipinski definition) is 3. The number of hydrazine groups is 1. The van der Waals surface area contributed by atoms with Gasteiger partial charge >= 0.3 is 0 Å². The maximum Gasteiger partial charge on any atom is 0.266 e. The summed E-state index contributed by atoms with van der Waals surface area (Å²) in [7, 11) is -3.97. The van der Waals surface area contributed by atoms with Gasteiger partial charge in [-0.2, -0.15) is 0 Å². The number of carbonyl (C=O) groups is 1. The van der Waals surface area contributed by atoms with Gasteiger partial charge in [0.05, 0.1) is 4.90 Å². The lowest BCUT2D eigenvalue weighted by molar-refractivity contribution is 0.0945. The molecule has 0 bridgehead atoms. The number of aryl methyl sites for hydroxylation is 1. The van der Waals surface area contributed by atoms with E-state index in [0.29, 0.717) is 5.56 Å². The first-order chi connectivity index (χ1) is 10.3. The molecular formula is C14H12ClFN2O3S. The number of amides is 1. The molecule has 0 spiro atoms. The van der Waals surface area contributed by atoms with Crippen LogP contribution in [0.1, 0.15) is 15.9 Å². The molecule has 2 aromatic rings. The number of hydrogen-bond donors (Lipinski definition) is 2. The second-order valence-electron chi connectivity index (χ2n) is 4.48. The molecule has 0 aliphatic rings. The minimum atomic E-state index is -3.97. The van der Waals surface area contributed by atoms with E-state index in [2.05, 4.69) is 5.43 Å². The highest BCUT2D eigenvalue weighted by molar-refractivity contribution is 7.89. The number of carbonyl (C=O) groups excluding carboxylic acids is 1. The summed E-state index contributed by atoms with van der Waals surface area (Å²) in [6, 6.07) is 9.08. The molecule has 2 aromatic carbocycles. The molecule has 0 saturated heterocycles. The topological polar surface area (TPSA) is 75.3 Å². The number of nitrogens with one attached hydrogen (secondary N) is 2. The Kier molecular flexibility index (Phi) is 4.80. The molecule has 0 radical (unpaired) electrons. The number of rotatable bonds is 4. The van der Waals surface area contributed by atoms with Gasteiger partial charge in [-0.25, -0.2) is 12.8 Å². The van der Waals surface area contributed by atoms with Crippen LogP contribution < -0.4 is 10.3 Å². The Morgan fingerprint density at radius 2 is 1.77 bits per heavy atom. The van der Waals surface area contributed by atoms with Crippen LogP contribution in [0, 0.1) is 12.7 Å². The minimum absolute atomic E-state index is 0.0422. The summed E-state index contributed by atoms with van der Waals surface area (Å²) in [4.78, 5) is 13.7. The summed E-state index contributed by atoms with van der Waals surface area (Å²) in [6.07, 6.45) is 0. The number of halogens is 2. The molecule has 2 N–H and O–H groups in total. The van der Waals surface area contributed by atoms with Crippen LogP contribution in [-0.4, -0.2) is 14.3 Å². The van der Waals surface area contributed by atoms with Gasteiger partial charge in [0.1, 0.15) is 5.82 Å². The van der Waals surface area contributed by atoms with Gasteiger partial charge < -0.3 is 0 Å². The Labute approximate surface area is 132 Å². The second-order valence-corrected chi connectivity index (χ2v) is 6.56. The zero-order valence-electron chi connectivity index (χ0n) is 11.4. The molecule has 1 amide bonds. The minimum Gasteiger partial charge on any atom is -0.273 e. The van der Waals surface area contributed by atoms with Crippen LogP contribution in [-0.2, 0) is 10.0 Å². The average molecular weight is 343 g/mol. The van der Waals surface area contributed by atoms with E-state index in [4.69, 9.17) is 11.6 Å². The van der Waals surface area contributed by atoms with E-state index < -0.39 is 21.7 Å². The zero-order valence-corrected chi connectivity index (χ0v) is 13.0. The smallest absolute Gasteiger partial charge is 0.266 e. The molecular weight excluding hydrogens is 331 g/mol. The quantitative estimate of drug-likeness (QED) is 0.838. The van der Waals surface area contributed by atoms with E-state index >= 15 is 0 Å². The molecule has 0 aliphatic heterocycles. The van der Waals surface area contributed by atoms with Crippen molar-refractivity contribution in [2.75, 3.05) is 0 Å². The van der Waals surface area contributed by atoms with Gasteiger partial charge in [0.15, 0.2) is 0 Å². The van der Waals surface area contributed by atoms with Gasteiger partial charge in [-0.05, 0) is 48.9 Å². The summed E-state index contributed by atoms with van der Waals surface area (Å²) in [5.74, 6) is -1.20. The van der Waals surface area contributed by atoms with Gasteiger partial charge in [0.25, 0.3) is 15.9 Å². The monoisotopic (exact) mass is 342 g/mol. The summed E-state index contributed by atoms with van der Waals surface area (Å²) in [5.41, 5.74) is 2.66. The third-order valence-electron chi connectivity index (χ3n) is 2.85. The van der Waals surface area contributed by atoms with Crippen molar-refractivity contribution in [3.8, 4) is 0 Å². The van der Waals surface area contributed by atoms with Gasteiger partial charge in [0.2, 0.25) is 0 Å². The molecule has 8 heteroatoms. The molecule has 0 saturated carbocycles. The summed E-state index contributed by atoms with van der Waals surface area (Å²) in [5, 5.41) is 0.260. The van der Waals surface area contributed by atoms with Crippen molar-refractivity contribution in [1.82, 2.24) is 10.3 Å². The van der Waals surface area contributed by atoms with Gasteiger partial charge in [0, 0.05) is 10.6 Å². The SMILES string of the molecule is Cc1ccc(Cl)cc1S(=O)(=O)NNC(=O)c1ccc(F)cc1. The Hall–Kier alpha value is -1.96. The number of sulfonamides is 1. The molecule has 22 heavy (non-hydrogen) atoms. The van der Waals surface area contributed by atoms with E-state index in [-0.39, 0.29) is 15.5 Å².